The maximum absolute atomic E-state index is 13.3. The molecule has 0 saturated heterocycles. The number of nitro groups is 1. The number of hydrogen-bond acceptors (Lipinski definition) is 11. The van der Waals surface area contributed by atoms with Gasteiger partial charge >= 0.3 is 17.6 Å². The zero-order valence-electron chi connectivity index (χ0n) is 21.9. The fourth-order valence-electron chi connectivity index (χ4n) is 4.02. The van der Waals surface area contributed by atoms with Crippen LogP contribution >= 0.6 is 0 Å². The van der Waals surface area contributed by atoms with Crippen molar-refractivity contribution in [1.82, 2.24) is 15.4 Å². The highest BCUT2D eigenvalue weighted by atomic mass is 16.6. The molecule has 1 heterocycles. The van der Waals surface area contributed by atoms with E-state index in [1.54, 1.807) is 48.5 Å². The molecule has 3 N–H and O–H groups in total. The molecule has 0 bridgehead atoms. The fourth-order valence-corrected chi connectivity index (χ4v) is 4.02. The topological polar surface area (TPSA) is 175 Å². The van der Waals surface area contributed by atoms with Gasteiger partial charge in [0, 0.05) is 5.69 Å². The maximum atomic E-state index is 13.3. The number of aromatic nitrogens is 2. The number of benzene rings is 3. The largest absolute Gasteiger partial charge is 0.465 e. The number of carbonyl (C=O) groups is 3. The summed E-state index contributed by atoms with van der Waals surface area (Å²) in [5.74, 6) is -3.28. The van der Waals surface area contributed by atoms with Crippen LogP contribution in [0.1, 0.15) is 37.8 Å². The van der Waals surface area contributed by atoms with E-state index in [9.17, 15) is 24.5 Å². The maximum Gasteiger partial charge on any atom is 0.355 e. The van der Waals surface area contributed by atoms with E-state index in [0.29, 0.717) is 11.1 Å². The Morgan fingerprint density at radius 3 is 1.80 bits per heavy atom. The fraction of sp³-hybridized carbons (Fsp3) is 0.107. The highest BCUT2D eigenvalue weighted by Gasteiger charge is 2.27. The molecule has 208 valence electrons. The summed E-state index contributed by atoms with van der Waals surface area (Å²) in [5, 5.41) is 14.8. The molecule has 0 atom stereocenters. The van der Waals surface area contributed by atoms with Crippen molar-refractivity contribution in [3.05, 3.63) is 118 Å². The lowest BCUT2D eigenvalue weighted by Crippen LogP contribution is -2.35. The molecule has 4 rings (SSSR count). The molecule has 41 heavy (non-hydrogen) atoms. The molecule has 0 unspecified atom stereocenters. The summed E-state index contributed by atoms with van der Waals surface area (Å²) in [4.78, 5) is 56.8. The van der Waals surface area contributed by atoms with Gasteiger partial charge < -0.3 is 14.8 Å². The van der Waals surface area contributed by atoms with E-state index in [4.69, 9.17) is 9.47 Å². The number of carbonyl (C=O) groups excluding carboxylic acids is 3. The Kier molecular flexibility index (Phi) is 8.79. The summed E-state index contributed by atoms with van der Waals surface area (Å²) in [6, 6.07) is 22.0. The third kappa shape index (κ3) is 6.60. The molecule has 1 aromatic heterocycles. The van der Waals surface area contributed by atoms with Crippen LogP contribution in [-0.4, -0.2) is 47.0 Å². The molecular weight excluding hydrogens is 532 g/mol. The number of ether oxygens (including phenoxy) is 2. The van der Waals surface area contributed by atoms with Crippen LogP contribution in [0, 0.1) is 10.1 Å². The van der Waals surface area contributed by atoms with Gasteiger partial charge in [-0.1, -0.05) is 60.7 Å². The van der Waals surface area contributed by atoms with Gasteiger partial charge in [-0.05, 0) is 29.3 Å². The Bertz CT molecular complexity index is 1510. The lowest BCUT2D eigenvalue weighted by Gasteiger charge is -2.18. The predicted octanol–water partition coefficient (Wildman–Crippen LogP) is 3.98. The number of hydrogen-bond donors (Lipinski definition) is 3. The molecule has 0 aliphatic heterocycles. The molecule has 0 radical (unpaired) electrons. The number of nitrogens with one attached hydrogen (secondary N) is 3. The number of anilines is 3. The summed E-state index contributed by atoms with van der Waals surface area (Å²) in [7, 11) is 2.34. The Hall–Kier alpha value is -5.85. The van der Waals surface area contributed by atoms with Gasteiger partial charge in [0.25, 0.3) is 0 Å². The minimum absolute atomic E-state index is 0.00640. The standard InChI is InChI=1S/C28H24N6O7/c1-40-27(36)19-13-20(28(37)41-2)15-21(14-19)31-24-23(34(38)39)25(30-16-29-24)32-33-26(35)22(17-9-5-3-6-10-17)18-11-7-4-8-12-18/h3-16,22H,1-2H3,(H,33,35)(H2,29,30,31,32). The Balaban J connectivity index is 1.64. The van der Waals surface area contributed by atoms with E-state index >= 15 is 0 Å². The third-order valence-electron chi connectivity index (χ3n) is 5.87. The second kappa shape index (κ2) is 12.8. The molecule has 4 aromatic rings. The van der Waals surface area contributed by atoms with Gasteiger partial charge in [-0.2, -0.15) is 0 Å². The van der Waals surface area contributed by atoms with Crippen LogP contribution in [0.2, 0.25) is 0 Å². The molecular formula is C28H24N6O7. The van der Waals surface area contributed by atoms with Crippen molar-refractivity contribution in [2.24, 2.45) is 0 Å². The molecule has 13 heteroatoms. The second-order valence-corrected chi connectivity index (χ2v) is 8.45. The van der Waals surface area contributed by atoms with E-state index in [-0.39, 0.29) is 28.5 Å². The minimum atomic E-state index is -0.743. The second-order valence-electron chi connectivity index (χ2n) is 8.45. The number of rotatable bonds is 10. The first-order valence-electron chi connectivity index (χ1n) is 12.1. The molecule has 0 spiro atoms. The lowest BCUT2D eigenvalue weighted by molar-refractivity contribution is -0.383. The van der Waals surface area contributed by atoms with Gasteiger partial charge in [0.2, 0.25) is 17.5 Å². The molecule has 0 aliphatic rings. The highest BCUT2D eigenvalue weighted by Crippen LogP contribution is 2.32. The first-order valence-corrected chi connectivity index (χ1v) is 12.1. The van der Waals surface area contributed by atoms with Crippen molar-refractivity contribution < 1.29 is 28.8 Å². The zero-order valence-corrected chi connectivity index (χ0v) is 21.9. The summed E-state index contributed by atoms with van der Waals surface area (Å²) >= 11 is 0. The van der Waals surface area contributed by atoms with Crippen LogP contribution in [0.4, 0.5) is 23.0 Å². The van der Waals surface area contributed by atoms with Gasteiger partial charge in [-0.15, -0.1) is 0 Å². The van der Waals surface area contributed by atoms with E-state index < -0.39 is 34.4 Å². The number of hydrazine groups is 1. The first kappa shape index (κ1) is 28.2. The normalized spacial score (nSPS) is 10.4. The number of methoxy groups -OCH3 is 2. The van der Waals surface area contributed by atoms with E-state index in [1.165, 1.54) is 32.4 Å². The average molecular weight is 557 g/mol. The van der Waals surface area contributed by atoms with Crippen molar-refractivity contribution in [2.45, 2.75) is 5.92 Å². The summed E-state index contributed by atoms with van der Waals surface area (Å²) in [6.45, 7) is 0. The van der Waals surface area contributed by atoms with Crippen LogP contribution in [0.25, 0.3) is 0 Å². The lowest BCUT2D eigenvalue weighted by atomic mass is 9.91. The first-order chi connectivity index (χ1) is 19.8. The number of nitrogens with zero attached hydrogens (tertiary/aromatic N) is 3. The van der Waals surface area contributed by atoms with Gasteiger partial charge in [0.1, 0.15) is 6.33 Å². The van der Waals surface area contributed by atoms with E-state index in [2.05, 4.69) is 26.1 Å². The van der Waals surface area contributed by atoms with Crippen molar-refractivity contribution in [1.29, 1.82) is 0 Å². The zero-order chi connectivity index (χ0) is 29.4. The summed E-state index contributed by atoms with van der Waals surface area (Å²) in [5.41, 5.74) is 5.97. The SMILES string of the molecule is COC(=O)c1cc(Nc2ncnc(NNC(=O)C(c3ccccc3)c3ccccc3)c2[N+](=O)[O-])cc(C(=O)OC)c1. The highest BCUT2D eigenvalue weighted by molar-refractivity contribution is 5.97. The minimum Gasteiger partial charge on any atom is -0.465 e. The van der Waals surface area contributed by atoms with Crippen LogP contribution in [0.15, 0.2) is 85.2 Å². The van der Waals surface area contributed by atoms with Crippen molar-refractivity contribution in [2.75, 3.05) is 25.0 Å². The quantitative estimate of drug-likeness (QED) is 0.146. The molecule has 3 aromatic carbocycles. The van der Waals surface area contributed by atoms with Crippen molar-refractivity contribution in [3.63, 3.8) is 0 Å². The number of esters is 2. The van der Waals surface area contributed by atoms with Gasteiger partial charge in [-0.25, -0.2) is 19.6 Å². The summed E-state index contributed by atoms with van der Waals surface area (Å²) < 4.78 is 9.45. The van der Waals surface area contributed by atoms with Gasteiger partial charge in [0.15, 0.2) is 0 Å². The van der Waals surface area contributed by atoms with Gasteiger partial charge in [-0.3, -0.25) is 25.8 Å². The van der Waals surface area contributed by atoms with Crippen LogP contribution in [-0.2, 0) is 14.3 Å². The smallest absolute Gasteiger partial charge is 0.355 e. The van der Waals surface area contributed by atoms with Gasteiger partial charge in [0.05, 0.1) is 36.2 Å². The monoisotopic (exact) mass is 556 g/mol. The average Bonchev–Trinajstić information content (AvgIpc) is 3.00. The Morgan fingerprint density at radius 1 is 0.805 bits per heavy atom. The predicted molar refractivity (Wildman–Crippen MR) is 148 cm³/mol. The summed E-state index contributed by atoms with van der Waals surface area (Å²) in [6.07, 6.45) is 1.04. The molecule has 13 nitrogen and oxygen atoms in total. The van der Waals surface area contributed by atoms with E-state index in [0.717, 1.165) is 6.33 Å². The van der Waals surface area contributed by atoms with Crippen LogP contribution in [0.5, 0.6) is 0 Å². The third-order valence-corrected chi connectivity index (χ3v) is 5.87. The van der Waals surface area contributed by atoms with Crippen molar-refractivity contribution >= 4 is 40.9 Å². The Morgan fingerprint density at radius 2 is 1.32 bits per heavy atom. The van der Waals surface area contributed by atoms with E-state index in [1.807, 2.05) is 12.1 Å². The molecule has 0 aliphatic carbocycles. The molecule has 0 fully saturated rings. The van der Waals surface area contributed by atoms with Crippen LogP contribution in [0.3, 0.4) is 0 Å². The molecule has 0 saturated carbocycles. The molecule has 1 amide bonds. The van der Waals surface area contributed by atoms with Crippen LogP contribution < -0.4 is 16.2 Å². The number of amides is 1. The Labute approximate surface area is 233 Å². The van der Waals surface area contributed by atoms with Crippen molar-refractivity contribution in [3.8, 4) is 0 Å².